The molecule has 1 atom stereocenters. The predicted octanol–water partition coefficient (Wildman–Crippen LogP) is 2.44. The molecule has 0 radical (unpaired) electrons. The Kier molecular flexibility index (Phi) is 4.70. The van der Waals surface area contributed by atoms with Gasteiger partial charge >= 0.3 is 5.97 Å². The number of hydrogen-bond donors (Lipinski definition) is 1. The van der Waals surface area contributed by atoms with Gasteiger partial charge in [-0.2, -0.15) is 0 Å². The number of ether oxygens (including phenoxy) is 1. The Morgan fingerprint density at radius 2 is 1.82 bits per heavy atom. The summed E-state index contributed by atoms with van der Waals surface area (Å²) in [5, 5.41) is 3.03. The van der Waals surface area contributed by atoms with Gasteiger partial charge in [-0.05, 0) is 51.4 Å². The molecule has 0 aliphatic rings. The molecule has 0 saturated heterocycles. The lowest BCUT2D eigenvalue weighted by Gasteiger charge is -2.20. The van der Waals surface area contributed by atoms with E-state index in [4.69, 9.17) is 4.74 Å². The van der Waals surface area contributed by atoms with Crippen molar-refractivity contribution in [2.24, 2.45) is 0 Å². The third-order valence-electron chi connectivity index (χ3n) is 2.84. The molecule has 3 heteroatoms. The number of aryl methyl sites for hydroxylation is 3. The van der Waals surface area contributed by atoms with Crippen LogP contribution in [0.5, 0.6) is 0 Å². The summed E-state index contributed by atoms with van der Waals surface area (Å²) in [6, 6.07) is 3.80. The number of rotatable bonds is 4. The average Bonchev–Trinajstić information content (AvgIpc) is 2.23. The molecule has 1 unspecified atom stereocenters. The second kappa shape index (κ2) is 5.82. The van der Waals surface area contributed by atoms with Crippen molar-refractivity contribution in [2.45, 2.75) is 33.7 Å². The van der Waals surface area contributed by atoms with E-state index in [0.717, 1.165) is 16.7 Å². The highest BCUT2D eigenvalue weighted by Gasteiger charge is 2.23. The van der Waals surface area contributed by atoms with Gasteiger partial charge in [0, 0.05) is 0 Å². The number of hydrogen-bond acceptors (Lipinski definition) is 3. The molecular weight excluding hydrogens is 214 g/mol. The second-order valence-electron chi connectivity index (χ2n) is 4.29. The molecule has 1 aromatic rings. The van der Waals surface area contributed by atoms with E-state index in [1.807, 2.05) is 20.8 Å². The Hall–Kier alpha value is -1.35. The molecule has 0 heterocycles. The van der Waals surface area contributed by atoms with Gasteiger partial charge in [0.25, 0.3) is 0 Å². The summed E-state index contributed by atoms with van der Waals surface area (Å²) in [6.07, 6.45) is 0. The summed E-state index contributed by atoms with van der Waals surface area (Å²) in [4.78, 5) is 11.9. The average molecular weight is 235 g/mol. The minimum atomic E-state index is -0.379. The van der Waals surface area contributed by atoms with Gasteiger partial charge in [0.05, 0.1) is 6.61 Å². The van der Waals surface area contributed by atoms with Crippen molar-refractivity contribution in [3.8, 4) is 0 Å². The van der Waals surface area contributed by atoms with Gasteiger partial charge in [-0.1, -0.05) is 17.7 Å². The van der Waals surface area contributed by atoms with Gasteiger partial charge in [0.1, 0.15) is 6.04 Å². The van der Waals surface area contributed by atoms with Crippen LogP contribution in [-0.2, 0) is 9.53 Å². The van der Waals surface area contributed by atoms with Crippen molar-refractivity contribution >= 4 is 5.97 Å². The lowest BCUT2D eigenvalue weighted by Crippen LogP contribution is -2.28. The van der Waals surface area contributed by atoms with Crippen LogP contribution < -0.4 is 5.32 Å². The minimum Gasteiger partial charge on any atom is -0.465 e. The third kappa shape index (κ3) is 3.07. The zero-order valence-electron chi connectivity index (χ0n) is 11.3. The lowest BCUT2D eigenvalue weighted by molar-refractivity contribution is -0.145. The first kappa shape index (κ1) is 13.7. The lowest BCUT2D eigenvalue weighted by atomic mass is 9.94. The maximum atomic E-state index is 11.9. The minimum absolute atomic E-state index is 0.218. The smallest absolute Gasteiger partial charge is 0.327 e. The zero-order chi connectivity index (χ0) is 13.0. The van der Waals surface area contributed by atoms with Gasteiger partial charge < -0.3 is 10.1 Å². The Morgan fingerprint density at radius 3 is 2.24 bits per heavy atom. The Labute approximate surface area is 103 Å². The van der Waals surface area contributed by atoms with E-state index in [-0.39, 0.29) is 12.0 Å². The monoisotopic (exact) mass is 235 g/mol. The number of nitrogens with one attached hydrogen (secondary N) is 1. The van der Waals surface area contributed by atoms with Crippen LogP contribution in [0.3, 0.4) is 0 Å². The topological polar surface area (TPSA) is 38.3 Å². The van der Waals surface area contributed by atoms with Crippen molar-refractivity contribution < 1.29 is 9.53 Å². The fourth-order valence-corrected chi connectivity index (χ4v) is 2.25. The quantitative estimate of drug-likeness (QED) is 0.815. The highest BCUT2D eigenvalue weighted by atomic mass is 16.5. The number of esters is 1. The molecule has 3 nitrogen and oxygen atoms in total. The SMILES string of the molecule is CCOC(=O)C(NC)c1c(C)cc(C)cc1C. The molecular formula is C14H21NO2. The van der Waals surface area contributed by atoms with E-state index in [1.165, 1.54) is 5.56 Å². The molecule has 0 aliphatic heterocycles. The Bertz CT molecular complexity index is 390. The molecule has 0 saturated carbocycles. The highest BCUT2D eigenvalue weighted by Crippen LogP contribution is 2.24. The van der Waals surface area contributed by atoms with Crippen molar-refractivity contribution in [2.75, 3.05) is 13.7 Å². The first-order valence-corrected chi connectivity index (χ1v) is 5.92. The Morgan fingerprint density at radius 1 is 1.29 bits per heavy atom. The predicted molar refractivity (Wildman–Crippen MR) is 69.1 cm³/mol. The fourth-order valence-electron chi connectivity index (χ4n) is 2.25. The normalized spacial score (nSPS) is 12.3. The van der Waals surface area contributed by atoms with Crippen LogP contribution in [0.4, 0.5) is 0 Å². The number of benzene rings is 1. The van der Waals surface area contributed by atoms with Crippen LogP contribution in [0.2, 0.25) is 0 Å². The van der Waals surface area contributed by atoms with Crippen molar-refractivity contribution in [3.63, 3.8) is 0 Å². The van der Waals surface area contributed by atoms with E-state index in [2.05, 4.69) is 24.4 Å². The van der Waals surface area contributed by atoms with Crippen molar-refractivity contribution in [1.29, 1.82) is 0 Å². The summed E-state index contributed by atoms with van der Waals surface area (Å²) in [6.45, 7) is 8.33. The maximum absolute atomic E-state index is 11.9. The first-order valence-electron chi connectivity index (χ1n) is 5.92. The summed E-state index contributed by atoms with van der Waals surface area (Å²) < 4.78 is 5.09. The van der Waals surface area contributed by atoms with Crippen LogP contribution in [0.15, 0.2) is 12.1 Å². The maximum Gasteiger partial charge on any atom is 0.327 e. The molecule has 17 heavy (non-hydrogen) atoms. The molecule has 0 amide bonds. The van der Waals surface area contributed by atoms with Gasteiger partial charge in [-0.15, -0.1) is 0 Å². The third-order valence-corrected chi connectivity index (χ3v) is 2.84. The van der Waals surface area contributed by atoms with Gasteiger partial charge in [-0.25, -0.2) is 4.79 Å². The molecule has 94 valence electrons. The van der Waals surface area contributed by atoms with E-state index in [1.54, 1.807) is 7.05 Å². The molecule has 0 fully saturated rings. The van der Waals surface area contributed by atoms with Crippen molar-refractivity contribution in [1.82, 2.24) is 5.32 Å². The molecule has 0 bridgehead atoms. The van der Waals surface area contributed by atoms with E-state index >= 15 is 0 Å². The van der Waals surface area contributed by atoms with E-state index in [0.29, 0.717) is 6.61 Å². The Balaban J connectivity index is 3.16. The standard InChI is InChI=1S/C14H21NO2/c1-6-17-14(16)13(15-5)12-10(3)7-9(2)8-11(12)4/h7-8,13,15H,6H2,1-5H3. The molecule has 0 aromatic heterocycles. The van der Waals surface area contributed by atoms with Crippen LogP contribution >= 0.6 is 0 Å². The molecule has 1 aromatic carbocycles. The van der Waals surface area contributed by atoms with Gasteiger partial charge in [-0.3, -0.25) is 0 Å². The van der Waals surface area contributed by atoms with Gasteiger partial charge in [0.2, 0.25) is 0 Å². The number of carbonyl (C=O) groups excluding carboxylic acids is 1. The second-order valence-corrected chi connectivity index (χ2v) is 4.29. The zero-order valence-corrected chi connectivity index (χ0v) is 11.3. The molecule has 0 spiro atoms. The van der Waals surface area contributed by atoms with Crippen molar-refractivity contribution in [3.05, 3.63) is 34.4 Å². The number of carbonyl (C=O) groups is 1. The summed E-state index contributed by atoms with van der Waals surface area (Å²) in [5.41, 5.74) is 4.48. The van der Waals surface area contributed by atoms with Crippen LogP contribution in [0.1, 0.15) is 35.2 Å². The molecule has 1 rings (SSSR count). The van der Waals surface area contributed by atoms with Gasteiger partial charge in [0.15, 0.2) is 0 Å². The van der Waals surface area contributed by atoms with Crippen LogP contribution in [0.25, 0.3) is 0 Å². The first-order chi connectivity index (χ1) is 8.01. The number of likely N-dealkylation sites (N-methyl/N-ethyl adjacent to an activating group) is 1. The molecule has 0 aliphatic carbocycles. The summed E-state index contributed by atoms with van der Waals surface area (Å²) in [5.74, 6) is -0.218. The van der Waals surface area contributed by atoms with Crippen LogP contribution in [-0.4, -0.2) is 19.6 Å². The van der Waals surface area contributed by atoms with E-state index in [9.17, 15) is 4.79 Å². The largest absolute Gasteiger partial charge is 0.465 e. The summed E-state index contributed by atoms with van der Waals surface area (Å²) >= 11 is 0. The summed E-state index contributed by atoms with van der Waals surface area (Å²) in [7, 11) is 1.78. The van der Waals surface area contributed by atoms with E-state index < -0.39 is 0 Å². The molecule has 1 N–H and O–H groups in total. The highest BCUT2D eigenvalue weighted by molar-refractivity contribution is 5.78. The van der Waals surface area contributed by atoms with Crippen LogP contribution in [0, 0.1) is 20.8 Å². The fraction of sp³-hybridized carbons (Fsp3) is 0.500.